The van der Waals surface area contributed by atoms with Crippen molar-refractivity contribution in [3.8, 4) is 5.75 Å². The fraction of sp³-hybridized carbons (Fsp3) is 0.316. The number of hydrogen-bond donors (Lipinski definition) is 3. The monoisotopic (exact) mass is 388 g/mol. The summed E-state index contributed by atoms with van der Waals surface area (Å²) in [5.74, 6) is 1.64. The SMILES string of the molecule is CN=C(NCCc1ccc2c(c1)CCO2)NCc1cccc(S(N)(=O)=O)c1. The molecule has 7 nitrogen and oxygen atoms in total. The summed E-state index contributed by atoms with van der Waals surface area (Å²) in [5, 5.41) is 11.6. The number of nitrogens with zero attached hydrogens (tertiary/aromatic N) is 1. The van der Waals surface area contributed by atoms with Crippen molar-refractivity contribution in [3.05, 3.63) is 59.2 Å². The summed E-state index contributed by atoms with van der Waals surface area (Å²) in [5.41, 5.74) is 3.33. The number of fused-ring (bicyclic) bond motifs is 1. The van der Waals surface area contributed by atoms with Gasteiger partial charge in [0.1, 0.15) is 5.75 Å². The minimum atomic E-state index is -3.70. The molecule has 8 heteroatoms. The Morgan fingerprint density at radius 3 is 2.81 bits per heavy atom. The molecule has 1 heterocycles. The van der Waals surface area contributed by atoms with Crippen molar-refractivity contribution in [2.24, 2.45) is 10.1 Å². The van der Waals surface area contributed by atoms with Gasteiger partial charge in [-0.1, -0.05) is 24.3 Å². The van der Waals surface area contributed by atoms with E-state index in [1.54, 1.807) is 19.2 Å². The van der Waals surface area contributed by atoms with Gasteiger partial charge < -0.3 is 15.4 Å². The van der Waals surface area contributed by atoms with Crippen molar-refractivity contribution < 1.29 is 13.2 Å². The van der Waals surface area contributed by atoms with Gasteiger partial charge in [0.25, 0.3) is 0 Å². The quantitative estimate of drug-likeness (QED) is 0.509. The van der Waals surface area contributed by atoms with Crippen LogP contribution < -0.4 is 20.5 Å². The Bertz CT molecular complexity index is 942. The number of ether oxygens (including phenoxy) is 1. The van der Waals surface area contributed by atoms with Crippen LogP contribution in [0.1, 0.15) is 16.7 Å². The molecule has 1 aliphatic rings. The zero-order valence-corrected chi connectivity index (χ0v) is 16.1. The Morgan fingerprint density at radius 2 is 2.04 bits per heavy atom. The molecular formula is C19H24N4O3S. The van der Waals surface area contributed by atoms with Crippen molar-refractivity contribution in [1.29, 1.82) is 0 Å². The summed E-state index contributed by atoms with van der Waals surface area (Å²) in [7, 11) is -2.00. The number of rotatable bonds is 6. The highest BCUT2D eigenvalue weighted by Crippen LogP contribution is 2.25. The lowest BCUT2D eigenvalue weighted by Crippen LogP contribution is -2.37. The summed E-state index contributed by atoms with van der Waals surface area (Å²) in [6, 6.07) is 12.9. The molecule has 0 unspecified atom stereocenters. The molecule has 27 heavy (non-hydrogen) atoms. The molecule has 0 radical (unpaired) electrons. The number of aliphatic imine (C=N–C) groups is 1. The molecule has 144 valence electrons. The smallest absolute Gasteiger partial charge is 0.238 e. The lowest BCUT2D eigenvalue weighted by molar-refractivity contribution is 0.357. The van der Waals surface area contributed by atoms with E-state index in [-0.39, 0.29) is 4.90 Å². The fourth-order valence-corrected chi connectivity index (χ4v) is 3.54. The van der Waals surface area contributed by atoms with E-state index in [9.17, 15) is 8.42 Å². The third kappa shape index (κ3) is 5.21. The van der Waals surface area contributed by atoms with Crippen molar-refractivity contribution >= 4 is 16.0 Å². The van der Waals surface area contributed by atoms with Crippen molar-refractivity contribution in [3.63, 3.8) is 0 Å². The van der Waals surface area contributed by atoms with Crippen LogP contribution in [0.3, 0.4) is 0 Å². The van der Waals surface area contributed by atoms with E-state index in [0.29, 0.717) is 12.5 Å². The number of sulfonamides is 1. The molecule has 0 saturated heterocycles. The second kappa shape index (κ2) is 8.41. The lowest BCUT2D eigenvalue weighted by Gasteiger charge is -2.12. The lowest BCUT2D eigenvalue weighted by atomic mass is 10.1. The van der Waals surface area contributed by atoms with Crippen LogP contribution in [0.2, 0.25) is 0 Å². The van der Waals surface area contributed by atoms with Gasteiger partial charge >= 0.3 is 0 Å². The third-order valence-electron chi connectivity index (χ3n) is 4.37. The van der Waals surface area contributed by atoms with Crippen molar-refractivity contribution in [1.82, 2.24) is 10.6 Å². The maximum absolute atomic E-state index is 11.4. The first kappa shape index (κ1) is 19.2. The van der Waals surface area contributed by atoms with Gasteiger partial charge in [-0.2, -0.15) is 0 Å². The number of hydrogen-bond acceptors (Lipinski definition) is 4. The Labute approximate surface area is 159 Å². The van der Waals surface area contributed by atoms with E-state index in [1.165, 1.54) is 17.2 Å². The summed E-state index contributed by atoms with van der Waals surface area (Å²) in [6.45, 7) is 1.94. The van der Waals surface area contributed by atoms with Gasteiger partial charge in [0.15, 0.2) is 5.96 Å². The molecule has 0 spiro atoms. The summed E-state index contributed by atoms with van der Waals surface area (Å²) in [4.78, 5) is 4.30. The Morgan fingerprint density at radius 1 is 1.19 bits per heavy atom. The molecule has 4 N–H and O–H groups in total. The zero-order chi connectivity index (χ0) is 19.3. The molecule has 0 saturated carbocycles. The van der Waals surface area contributed by atoms with Gasteiger partial charge in [-0.05, 0) is 41.3 Å². The molecule has 1 aliphatic heterocycles. The Hall–Kier alpha value is -2.58. The van der Waals surface area contributed by atoms with E-state index < -0.39 is 10.0 Å². The van der Waals surface area contributed by atoms with Gasteiger partial charge in [0.05, 0.1) is 11.5 Å². The fourth-order valence-electron chi connectivity index (χ4n) is 2.96. The predicted octanol–water partition coefficient (Wildman–Crippen LogP) is 1.18. The summed E-state index contributed by atoms with van der Waals surface area (Å²) >= 11 is 0. The van der Waals surface area contributed by atoms with E-state index in [0.717, 1.165) is 37.3 Å². The predicted molar refractivity (Wildman–Crippen MR) is 105 cm³/mol. The topological polar surface area (TPSA) is 106 Å². The average molecular weight is 388 g/mol. The molecule has 0 atom stereocenters. The van der Waals surface area contributed by atoms with Gasteiger partial charge in [0, 0.05) is 26.6 Å². The minimum Gasteiger partial charge on any atom is -0.493 e. The number of benzene rings is 2. The van der Waals surface area contributed by atoms with E-state index >= 15 is 0 Å². The van der Waals surface area contributed by atoms with Crippen LogP contribution in [0.15, 0.2) is 52.4 Å². The molecule has 0 aromatic heterocycles. The maximum atomic E-state index is 11.4. The molecular weight excluding hydrogens is 364 g/mol. The normalized spacial score (nSPS) is 13.8. The second-order valence-corrected chi connectivity index (χ2v) is 7.90. The Balaban J connectivity index is 1.50. The molecule has 2 aromatic carbocycles. The number of nitrogens with one attached hydrogen (secondary N) is 2. The van der Waals surface area contributed by atoms with Crippen LogP contribution >= 0.6 is 0 Å². The second-order valence-electron chi connectivity index (χ2n) is 6.34. The van der Waals surface area contributed by atoms with Gasteiger partial charge in [-0.25, -0.2) is 13.6 Å². The first-order valence-electron chi connectivity index (χ1n) is 8.76. The highest BCUT2D eigenvalue weighted by molar-refractivity contribution is 7.89. The molecule has 2 aromatic rings. The maximum Gasteiger partial charge on any atom is 0.238 e. The first-order valence-corrected chi connectivity index (χ1v) is 10.3. The average Bonchev–Trinajstić information content (AvgIpc) is 3.12. The van der Waals surface area contributed by atoms with Gasteiger partial charge in [-0.15, -0.1) is 0 Å². The summed E-state index contributed by atoms with van der Waals surface area (Å²) in [6.07, 6.45) is 1.84. The number of primary sulfonamides is 1. The van der Waals surface area contributed by atoms with E-state index in [2.05, 4.69) is 27.8 Å². The zero-order valence-electron chi connectivity index (χ0n) is 15.2. The number of nitrogens with two attached hydrogens (primary N) is 1. The van der Waals surface area contributed by atoms with Crippen LogP contribution in [0.25, 0.3) is 0 Å². The van der Waals surface area contributed by atoms with Crippen LogP contribution in [-0.4, -0.2) is 34.6 Å². The minimum absolute atomic E-state index is 0.102. The van der Waals surface area contributed by atoms with Crippen LogP contribution in [0.4, 0.5) is 0 Å². The van der Waals surface area contributed by atoms with Crippen LogP contribution in [-0.2, 0) is 29.4 Å². The highest BCUT2D eigenvalue weighted by Gasteiger charge is 2.12. The first-order chi connectivity index (χ1) is 13.0. The highest BCUT2D eigenvalue weighted by atomic mass is 32.2. The van der Waals surface area contributed by atoms with E-state index in [4.69, 9.17) is 9.88 Å². The molecule has 0 aliphatic carbocycles. The van der Waals surface area contributed by atoms with Crippen LogP contribution in [0.5, 0.6) is 5.75 Å². The summed E-state index contributed by atoms with van der Waals surface area (Å²) < 4.78 is 28.4. The van der Waals surface area contributed by atoms with Crippen LogP contribution in [0, 0.1) is 0 Å². The van der Waals surface area contributed by atoms with Gasteiger partial charge in [0.2, 0.25) is 10.0 Å². The standard InChI is InChI=1S/C19H24N4O3S/c1-21-19(23-13-15-3-2-4-17(12-15)27(20,24)25)22-9-7-14-5-6-18-16(11-14)8-10-26-18/h2-6,11-12H,7-10,13H2,1H3,(H2,20,24,25)(H2,21,22,23). The van der Waals surface area contributed by atoms with Gasteiger partial charge in [-0.3, -0.25) is 4.99 Å². The molecule has 0 amide bonds. The number of guanidine groups is 1. The molecule has 0 fully saturated rings. The van der Waals surface area contributed by atoms with Crippen molar-refractivity contribution in [2.75, 3.05) is 20.2 Å². The largest absolute Gasteiger partial charge is 0.493 e. The van der Waals surface area contributed by atoms with Crippen molar-refractivity contribution in [2.45, 2.75) is 24.3 Å². The Kier molecular flexibility index (Phi) is 5.98. The van der Waals surface area contributed by atoms with E-state index in [1.807, 2.05) is 12.1 Å². The molecule has 0 bridgehead atoms. The third-order valence-corrected chi connectivity index (χ3v) is 5.28. The molecule has 3 rings (SSSR count).